The van der Waals surface area contributed by atoms with Gasteiger partial charge in [0, 0.05) is 20.6 Å². The quantitative estimate of drug-likeness (QED) is 0.439. The topological polar surface area (TPSA) is 142 Å². The van der Waals surface area contributed by atoms with Gasteiger partial charge in [-0.1, -0.05) is 0 Å². The van der Waals surface area contributed by atoms with Crippen molar-refractivity contribution in [3.63, 3.8) is 0 Å². The molecule has 3 aliphatic heterocycles. The fraction of sp³-hybridized carbons (Fsp3) is 0.750. The van der Waals surface area contributed by atoms with Crippen molar-refractivity contribution < 1.29 is 14.6 Å². The van der Waals surface area contributed by atoms with E-state index in [-0.39, 0.29) is 18.5 Å². The first-order valence-corrected chi connectivity index (χ1v) is 7.10. The summed E-state index contributed by atoms with van der Waals surface area (Å²) in [4.78, 5) is 23.4. The van der Waals surface area contributed by atoms with Crippen molar-refractivity contribution in [2.24, 2.45) is 21.5 Å². The number of guanidine groups is 2. The maximum atomic E-state index is 11.6. The second-order valence-corrected chi connectivity index (χ2v) is 5.89. The molecule has 1 fully saturated rings. The summed E-state index contributed by atoms with van der Waals surface area (Å²) in [5, 5.41) is 13.5. The Hall–Kier alpha value is -2.23. The van der Waals surface area contributed by atoms with Gasteiger partial charge in [0.15, 0.2) is 17.6 Å². The van der Waals surface area contributed by atoms with Crippen LogP contribution in [0, 0.1) is 0 Å². The highest BCUT2D eigenvalue weighted by molar-refractivity contribution is 5.87. The normalized spacial score (nSPS) is 36.0. The van der Waals surface area contributed by atoms with Crippen LogP contribution in [0.25, 0.3) is 0 Å². The molecule has 0 aromatic rings. The highest BCUT2D eigenvalue weighted by atomic mass is 16.6. The van der Waals surface area contributed by atoms with Crippen molar-refractivity contribution >= 4 is 18.0 Å². The number of carbonyl (C=O) groups is 1. The average molecular weight is 311 g/mol. The minimum absolute atomic E-state index is 0.0170. The van der Waals surface area contributed by atoms with E-state index in [0.29, 0.717) is 13.0 Å². The Bertz CT molecular complexity index is 549. The highest BCUT2D eigenvalue weighted by Crippen LogP contribution is 2.39. The van der Waals surface area contributed by atoms with Crippen molar-refractivity contribution in [2.45, 2.75) is 30.3 Å². The Kier molecular flexibility index (Phi) is 3.28. The number of hydrogen-bond acceptors (Lipinski definition) is 9. The van der Waals surface area contributed by atoms with Crippen LogP contribution < -0.4 is 16.8 Å². The van der Waals surface area contributed by atoms with Crippen molar-refractivity contribution in [3.05, 3.63) is 0 Å². The summed E-state index contributed by atoms with van der Waals surface area (Å²) in [6.07, 6.45) is -0.629. The third kappa shape index (κ3) is 1.94. The summed E-state index contributed by atoms with van der Waals surface area (Å²) in [5.74, 6) is 0.515. The summed E-state index contributed by atoms with van der Waals surface area (Å²) < 4.78 is 5.20. The van der Waals surface area contributed by atoms with Gasteiger partial charge in [0.05, 0.1) is 6.10 Å². The number of nitrogens with zero attached hydrogens (tertiary/aromatic N) is 4. The van der Waals surface area contributed by atoms with Crippen LogP contribution in [0.3, 0.4) is 0 Å². The minimum Gasteiger partial charge on any atom is -0.447 e. The fourth-order valence-corrected chi connectivity index (χ4v) is 3.31. The first-order chi connectivity index (χ1) is 10.4. The van der Waals surface area contributed by atoms with Gasteiger partial charge < -0.3 is 36.4 Å². The van der Waals surface area contributed by atoms with Crippen LogP contribution in [0.5, 0.6) is 0 Å². The Morgan fingerprint density at radius 3 is 2.95 bits per heavy atom. The van der Waals surface area contributed by atoms with Gasteiger partial charge in [0.1, 0.15) is 18.7 Å². The first kappa shape index (κ1) is 14.7. The van der Waals surface area contributed by atoms with E-state index >= 15 is 0 Å². The largest absolute Gasteiger partial charge is 0.447 e. The van der Waals surface area contributed by atoms with E-state index in [2.05, 4.69) is 15.3 Å². The lowest BCUT2D eigenvalue weighted by molar-refractivity contribution is 0.0132. The molecule has 0 unspecified atom stereocenters. The minimum atomic E-state index is -0.898. The predicted octanol–water partition coefficient (Wildman–Crippen LogP) is -2.57. The van der Waals surface area contributed by atoms with Crippen molar-refractivity contribution in [2.75, 3.05) is 27.2 Å². The predicted molar refractivity (Wildman–Crippen MR) is 79.1 cm³/mol. The van der Waals surface area contributed by atoms with Gasteiger partial charge in [-0.3, -0.25) is 0 Å². The molecule has 3 rings (SSSR count). The molecule has 3 heterocycles. The summed E-state index contributed by atoms with van der Waals surface area (Å²) >= 11 is 0. The van der Waals surface area contributed by atoms with Gasteiger partial charge in [0.25, 0.3) is 0 Å². The third-order valence-corrected chi connectivity index (χ3v) is 4.32. The van der Waals surface area contributed by atoms with Crippen molar-refractivity contribution in [3.8, 4) is 0 Å². The molecule has 0 bridgehead atoms. The number of aliphatic hydroxyl groups is 1. The standard InChI is InChI=1S/C12H21N7O3/c1-18(2)11(21)22-5-6-8-12(17-9(13)16-8)7(20)3-4-19(12)10(14)15-6/h6-8,20H,3-5H2,1-2H3,(H2,14,15)(H3,13,16,17)/t6-,7-,8-,12+/m0/s1. The maximum Gasteiger partial charge on any atom is 0.409 e. The number of aliphatic hydroxyl groups excluding tert-OH is 1. The molecule has 122 valence electrons. The van der Waals surface area contributed by atoms with Crippen LogP contribution in [-0.2, 0) is 4.74 Å². The van der Waals surface area contributed by atoms with Crippen LogP contribution in [0.4, 0.5) is 4.79 Å². The monoisotopic (exact) mass is 311 g/mol. The summed E-state index contributed by atoms with van der Waals surface area (Å²) in [5.41, 5.74) is 10.9. The van der Waals surface area contributed by atoms with Gasteiger partial charge in [-0.05, 0) is 6.42 Å². The molecule has 10 heteroatoms. The fourth-order valence-electron chi connectivity index (χ4n) is 3.31. The number of nitrogens with one attached hydrogen (secondary N) is 1. The molecule has 0 aromatic carbocycles. The number of rotatable bonds is 2. The zero-order valence-corrected chi connectivity index (χ0v) is 12.6. The van der Waals surface area contributed by atoms with Crippen LogP contribution in [-0.4, -0.2) is 84.0 Å². The van der Waals surface area contributed by atoms with Crippen LogP contribution in [0.1, 0.15) is 6.42 Å². The lowest BCUT2D eigenvalue weighted by Crippen LogP contribution is -2.72. The molecule has 10 nitrogen and oxygen atoms in total. The van der Waals surface area contributed by atoms with E-state index in [1.165, 1.54) is 4.90 Å². The molecule has 0 aromatic heterocycles. The molecule has 0 radical (unpaired) electrons. The maximum absolute atomic E-state index is 11.6. The van der Waals surface area contributed by atoms with Gasteiger partial charge in [-0.15, -0.1) is 0 Å². The zero-order valence-electron chi connectivity index (χ0n) is 12.6. The Morgan fingerprint density at radius 1 is 1.55 bits per heavy atom. The lowest BCUT2D eigenvalue weighted by Gasteiger charge is -2.46. The Morgan fingerprint density at radius 2 is 2.27 bits per heavy atom. The number of hydrogen-bond donors (Lipinski definition) is 4. The molecule has 0 aliphatic carbocycles. The molecule has 1 saturated heterocycles. The average Bonchev–Trinajstić information content (AvgIpc) is 2.97. The van der Waals surface area contributed by atoms with Gasteiger partial charge >= 0.3 is 6.09 Å². The van der Waals surface area contributed by atoms with Gasteiger partial charge in [-0.2, -0.15) is 0 Å². The van der Waals surface area contributed by atoms with E-state index in [1.54, 1.807) is 19.0 Å². The first-order valence-electron chi connectivity index (χ1n) is 7.10. The Labute approximate surface area is 127 Å². The Balaban J connectivity index is 1.87. The summed E-state index contributed by atoms with van der Waals surface area (Å²) in [6, 6.07) is -0.964. The second-order valence-electron chi connectivity index (χ2n) is 5.89. The molecule has 3 aliphatic rings. The van der Waals surface area contributed by atoms with Crippen LogP contribution in [0.15, 0.2) is 9.98 Å². The van der Waals surface area contributed by atoms with E-state index in [0.717, 1.165) is 0 Å². The zero-order chi connectivity index (χ0) is 16.1. The van der Waals surface area contributed by atoms with E-state index in [9.17, 15) is 9.90 Å². The van der Waals surface area contributed by atoms with E-state index in [4.69, 9.17) is 16.2 Å². The van der Waals surface area contributed by atoms with E-state index < -0.39 is 29.9 Å². The van der Waals surface area contributed by atoms with E-state index in [1.807, 2.05) is 0 Å². The number of aliphatic imine (C=N–C) groups is 2. The van der Waals surface area contributed by atoms with Crippen molar-refractivity contribution in [1.29, 1.82) is 0 Å². The summed E-state index contributed by atoms with van der Waals surface area (Å²) in [6.45, 7) is 0.580. The van der Waals surface area contributed by atoms with Gasteiger partial charge in [0.2, 0.25) is 0 Å². The number of nitrogens with two attached hydrogens (primary N) is 2. The number of amides is 1. The molecule has 4 atom stereocenters. The molecular formula is C12H21N7O3. The molecule has 1 spiro atoms. The van der Waals surface area contributed by atoms with Crippen LogP contribution >= 0.6 is 0 Å². The molecule has 0 saturated carbocycles. The lowest BCUT2D eigenvalue weighted by atomic mass is 9.89. The molecule has 1 amide bonds. The smallest absolute Gasteiger partial charge is 0.409 e. The SMILES string of the molecule is CN(C)C(=O)OC[C@@H]1N=C(N)N2CC[C@H](O)[C@@]23NC(N)=N[C@@H]13. The molecule has 6 N–H and O–H groups in total. The number of ether oxygens (including phenoxy) is 1. The third-order valence-electron chi connectivity index (χ3n) is 4.32. The summed E-state index contributed by atoms with van der Waals surface area (Å²) in [7, 11) is 3.19. The molecular weight excluding hydrogens is 290 g/mol. The molecule has 22 heavy (non-hydrogen) atoms. The van der Waals surface area contributed by atoms with Crippen molar-refractivity contribution in [1.82, 2.24) is 15.1 Å². The van der Waals surface area contributed by atoms with Crippen LogP contribution in [0.2, 0.25) is 0 Å². The van der Waals surface area contributed by atoms with Gasteiger partial charge in [-0.25, -0.2) is 14.8 Å². The highest BCUT2D eigenvalue weighted by Gasteiger charge is 2.62. The number of carbonyl (C=O) groups excluding carboxylic acids is 1. The second kappa shape index (κ2) is 4.90.